The normalized spacial score (nSPS) is 44.8. The minimum absolute atomic E-state index is 0.0245. The van der Waals surface area contributed by atoms with Gasteiger partial charge >= 0.3 is 0 Å². The zero-order valence-corrected chi connectivity index (χ0v) is 22.9. The third-order valence-corrected chi connectivity index (χ3v) is 12.2. The van der Waals surface area contributed by atoms with Crippen molar-refractivity contribution in [3.8, 4) is 0 Å². The summed E-state index contributed by atoms with van der Waals surface area (Å²) in [4.78, 5) is 2.57. The van der Waals surface area contributed by atoms with Gasteiger partial charge in [0.2, 0.25) is 0 Å². The molecule has 5 heteroatoms. The number of ether oxygens (including phenoxy) is 1. The second kappa shape index (κ2) is 10.0. The van der Waals surface area contributed by atoms with Crippen LogP contribution in [-0.4, -0.2) is 61.0 Å². The highest BCUT2D eigenvalue weighted by atomic mass is 16.5. The molecule has 4 saturated carbocycles. The Labute approximate surface area is 218 Å². The fraction of sp³-hybridized carbons (Fsp3) is 0.871. The second-order valence-corrected chi connectivity index (χ2v) is 13.6. The van der Waals surface area contributed by atoms with Gasteiger partial charge in [-0.25, -0.2) is 0 Å². The molecule has 0 radical (unpaired) electrons. The first-order valence-electron chi connectivity index (χ1n) is 15.2. The van der Waals surface area contributed by atoms with Crippen LogP contribution in [0.25, 0.3) is 0 Å². The topological polar surface area (TPSA) is 57.9 Å². The molecule has 1 aromatic heterocycles. The van der Waals surface area contributed by atoms with Gasteiger partial charge < -0.3 is 24.5 Å². The molecule has 0 amide bonds. The van der Waals surface area contributed by atoms with Crippen LogP contribution in [-0.2, 0) is 4.74 Å². The summed E-state index contributed by atoms with van der Waals surface area (Å²) in [6.45, 7) is 11.6. The molecule has 0 aromatic carbocycles. The summed E-state index contributed by atoms with van der Waals surface area (Å²) in [5.41, 5.74) is 1.11. The molecule has 202 valence electrons. The largest absolute Gasteiger partial charge is 0.472 e. The molecule has 1 aromatic rings. The van der Waals surface area contributed by atoms with E-state index >= 15 is 0 Å². The van der Waals surface area contributed by atoms with Crippen molar-refractivity contribution in [1.29, 1.82) is 0 Å². The molecule has 5 nitrogen and oxygen atoms in total. The number of hydrogen-bond acceptors (Lipinski definition) is 5. The molecular formula is C31H50N2O3. The van der Waals surface area contributed by atoms with Gasteiger partial charge in [0.15, 0.2) is 0 Å². The van der Waals surface area contributed by atoms with Gasteiger partial charge in [-0.05, 0) is 124 Å². The number of furan rings is 1. The van der Waals surface area contributed by atoms with E-state index < -0.39 is 5.60 Å². The third-order valence-electron chi connectivity index (χ3n) is 12.2. The molecule has 5 aliphatic rings. The monoisotopic (exact) mass is 498 g/mol. The van der Waals surface area contributed by atoms with E-state index in [0.717, 1.165) is 44.9 Å². The number of nitrogens with zero attached hydrogens (tertiary/aromatic N) is 1. The summed E-state index contributed by atoms with van der Waals surface area (Å²) in [5, 5.41) is 16.0. The maximum Gasteiger partial charge on any atom is 0.0937 e. The minimum Gasteiger partial charge on any atom is -0.472 e. The van der Waals surface area contributed by atoms with Crippen LogP contribution in [0.4, 0.5) is 0 Å². The summed E-state index contributed by atoms with van der Waals surface area (Å²) in [6.07, 6.45) is 17.5. The van der Waals surface area contributed by atoms with Crippen LogP contribution in [0.15, 0.2) is 23.0 Å². The number of rotatable bonds is 8. The fourth-order valence-corrected chi connectivity index (χ4v) is 10.0. The predicted octanol–water partition coefficient (Wildman–Crippen LogP) is 5.59. The van der Waals surface area contributed by atoms with Gasteiger partial charge in [-0.2, -0.15) is 0 Å². The van der Waals surface area contributed by atoms with Gasteiger partial charge in [-0.1, -0.05) is 13.8 Å². The minimum atomic E-state index is -0.528. The van der Waals surface area contributed by atoms with Gasteiger partial charge in [0.1, 0.15) is 0 Å². The van der Waals surface area contributed by atoms with Crippen molar-refractivity contribution in [1.82, 2.24) is 10.2 Å². The molecule has 3 unspecified atom stereocenters. The van der Waals surface area contributed by atoms with Gasteiger partial charge in [-0.3, -0.25) is 0 Å². The molecular weight excluding hydrogens is 448 g/mol. The summed E-state index contributed by atoms with van der Waals surface area (Å²) < 4.78 is 11.9. The Balaban J connectivity index is 1.03. The Morgan fingerprint density at radius 1 is 1.03 bits per heavy atom. The van der Waals surface area contributed by atoms with Crippen molar-refractivity contribution in [3.05, 3.63) is 24.2 Å². The average molecular weight is 499 g/mol. The van der Waals surface area contributed by atoms with Gasteiger partial charge in [-0.15, -0.1) is 0 Å². The average Bonchev–Trinajstić information content (AvgIpc) is 3.62. The highest BCUT2D eigenvalue weighted by molar-refractivity contribution is 5.26. The summed E-state index contributed by atoms with van der Waals surface area (Å²) in [7, 11) is 0. The van der Waals surface area contributed by atoms with Crippen LogP contribution in [0, 0.1) is 28.6 Å². The van der Waals surface area contributed by atoms with Gasteiger partial charge in [0.25, 0.3) is 0 Å². The molecule has 0 spiro atoms. The molecule has 2 N–H and O–H groups in total. The van der Waals surface area contributed by atoms with Crippen LogP contribution in [0.5, 0.6) is 0 Å². The molecule has 0 bridgehead atoms. The summed E-state index contributed by atoms with van der Waals surface area (Å²) in [6, 6.07) is 2.14. The number of fused-ring (bicyclic) bond motifs is 5. The molecule has 6 rings (SSSR count). The first-order chi connectivity index (χ1) is 17.4. The highest BCUT2D eigenvalue weighted by Crippen LogP contribution is 2.70. The fourth-order valence-electron chi connectivity index (χ4n) is 10.0. The summed E-state index contributed by atoms with van der Waals surface area (Å²) in [5.74, 6) is 2.29. The third kappa shape index (κ3) is 4.21. The maximum absolute atomic E-state index is 12.4. The molecule has 36 heavy (non-hydrogen) atoms. The van der Waals surface area contributed by atoms with Crippen LogP contribution in [0.2, 0.25) is 0 Å². The van der Waals surface area contributed by atoms with Crippen molar-refractivity contribution in [3.63, 3.8) is 0 Å². The maximum atomic E-state index is 12.4. The lowest BCUT2D eigenvalue weighted by Crippen LogP contribution is -2.62. The molecule has 8 atom stereocenters. The quantitative estimate of drug-likeness (QED) is 0.458. The van der Waals surface area contributed by atoms with Gasteiger partial charge in [0, 0.05) is 25.0 Å². The van der Waals surface area contributed by atoms with Crippen LogP contribution in [0.3, 0.4) is 0 Å². The Hall–Kier alpha value is -0.880. The number of nitrogens with one attached hydrogen (secondary N) is 1. The number of hydrogen-bond donors (Lipinski definition) is 2. The SMILES string of the molecule is C[C@]12CCC(OCCNCCN3CCCC3)CC1CC[C@@H]1[C@H]2CC[C@]2(C)C(c3ccoc3)CC[C@@]12O. The lowest BCUT2D eigenvalue weighted by molar-refractivity contribution is -0.207. The number of aliphatic hydroxyl groups is 1. The molecule has 5 fully saturated rings. The Kier molecular flexibility index (Phi) is 7.07. The van der Waals surface area contributed by atoms with Crippen molar-refractivity contribution in [2.24, 2.45) is 28.6 Å². The van der Waals surface area contributed by atoms with E-state index in [1.807, 2.05) is 6.26 Å². The van der Waals surface area contributed by atoms with Crippen LogP contribution in [0.1, 0.15) is 96.0 Å². The van der Waals surface area contributed by atoms with Gasteiger partial charge in [0.05, 0.1) is 30.8 Å². The highest BCUT2D eigenvalue weighted by Gasteiger charge is 2.67. The Bertz CT molecular complexity index is 869. The first-order valence-corrected chi connectivity index (χ1v) is 15.2. The standard InChI is InChI=1S/C31H50N2O3/c1-29-11-7-25(36-20-15-32-14-18-33-16-3-4-17-33)21-24(29)5-6-28-27(29)8-12-30(2)26(9-13-31(28,30)34)23-10-19-35-22-23/h10,19,22,24-28,32,34H,3-9,11-18,20-21H2,1-2H3/t24?,25?,26?,27-,28-,29+,30-,31-/m1/s1. The van der Waals surface area contributed by atoms with E-state index in [1.165, 1.54) is 76.6 Å². The zero-order valence-electron chi connectivity index (χ0n) is 22.9. The molecule has 1 aliphatic heterocycles. The van der Waals surface area contributed by atoms with E-state index in [1.54, 1.807) is 6.26 Å². The molecule has 2 heterocycles. The van der Waals surface area contributed by atoms with E-state index in [4.69, 9.17) is 9.15 Å². The van der Waals surface area contributed by atoms with Crippen LogP contribution >= 0.6 is 0 Å². The Morgan fingerprint density at radius 2 is 1.89 bits per heavy atom. The predicted molar refractivity (Wildman–Crippen MR) is 143 cm³/mol. The lowest BCUT2D eigenvalue weighted by Gasteiger charge is -2.63. The van der Waals surface area contributed by atoms with Crippen molar-refractivity contribution < 1.29 is 14.3 Å². The van der Waals surface area contributed by atoms with Crippen molar-refractivity contribution in [2.75, 3.05) is 39.3 Å². The van der Waals surface area contributed by atoms with Crippen molar-refractivity contribution in [2.45, 2.75) is 102 Å². The first kappa shape index (κ1) is 25.4. The smallest absolute Gasteiger partial charge is 0.0937 e. The van der Waals surface area contributed by atoms with E-state index in [2.05, 4.69) is 30.1 Å². The van der Waals surface area contributed by atoms with Crippen LogP contribution < -0.4 is 5.32 Å². The summed E-state index contributed by atoms with van der Waals surface area (Å²) >= 11 is 0. The zero-order chi connectivity index (χ0) is 24.8. The second-order valence-electron chi connectivity index (χ2n) is 13.6. The Morgan fingerprint density at radius 3 is 2.69 bits per heavy atom. The lowest BCUT2D eigenvalue weighted by atomic mass is 9.43. The molecule has 1 saturated heterocycles. The van der Waals surface area contributed by atoms with Crippen molar-refractivity contribution >= 4 is 0 Å². The van der Waals surface area contributed by atoms with E-state index in [9.17, 15) is 5.11 Å². The van der Waals surface area contributed by atoms with E-state index in [-0.39, 0.29) is 5.41 Å². The number of likely N-dealkylation sites (tertiary alicyclic amines) is 1. The molecule has 4 aliphatic carbocycles. The van der Waals surface area contributed by atoms with E-state index in [0.29, 0.717) is 29.3 Å².